The third-order valence-electron chi connectivity index (χ3n) is 3.62. The van der Waals surface area contributed by atoms with Crippen molar-refractivity contribution in [2.24, 2.45) is 0 Å². The van der Waals surface area contributed by atoms with E-state index in [-0.39, 0.29) is 5.91 Å². The molecular formula is C14H18N6O. The summed E-state index contributed by atoms with van der Waals surface area (Å²) in [5.74, 6) is 1.81. The summed E-state index contributed by atoms with van der Waals surface area (Å²) in [6.07, 6.45) is 9.78. The zero-order valence-corrected chi connectivity index (χ0v) is 11.8. The molecule has 0 saturated heterocycles. The van der Waals surface area contributed by atoms with Crippen LogP contribution in [0.2, 0.25) is 0 Å². The zero-order chi connectivity index (χ0) is 14.5. The van der Waals surface area contributed by atoms with Crippen molar-refractivity contribution in [1.29, 1.82) is 0 Å². The molecule has 0 radical (unpaired) electrons. The molecule has 0 aliphatic carbocycles. The smallest absolute Gasteiger partial charge is 0.271 e. The van der Waals surface area contributed by atoms with Crippen molar-refractivity contribution in [3.63, 3.8) is 0 Å². The molecule has 7 heteroatoms. The average molecular weight is 286 g/mol. The molecule has 2 aromatic rings. The Hall–Kier alpha value is -2.31. The number of amides is 1. The maximum absolute atomic E-state index is 11.9. The summed E-state index contributed by atoms with van der Waals surface area (Å²) in [4.78, 5) is 19.7. The number of nitrogens with zero attached hydrogens (tertiary/aromatic N) is 5. The molecule has 1 aliphatic heterocycles. The van der Waals surface area contributed by atoms with Gasteiger partial charge in [0.25, 0.3) is 5.91 Å². The highest BCUT2D eigenvalue weighted by Gasteiger charge is 2.14. The number of aryl methyl sites for hydroxylation is 1. The molecule has 1 amide bonds. The topological polar surface area (TPSA) is 85.6 Å². The molecule has 0 unspecified atom stereocenters. The highest BCUT2D eigenvalue weighted by atomic mass is 16.1. The van der Waals surface area contributed by atoms with Crippen LogP contribution in [0.5, 0.6) is 0 Å². The Labute approximate surface area is 122 Å². The number of aromatic nitrogens is 5. The van der Waals surface area contributed by atoms with Crippen molar-refractivity contribution in [3.05, 3.63) is 35.9 Å². The van der Waals surface area contributed by atoms with Crippen LogP contribution in [0.25, 0.3) is 0 Å². The van der Waals surface area contributed by atoms with Crippen molar-refractivity contribution in [2.45, 2.75) is 38.6 Å². The molecule has 7 nitrogen and oxygen atoms in total. The first-order valence-corrected chi connectivity index (χ1v) is 7.30. The normalized spacial score (nSPS) is 14.3. The van der Waals surface area contributed by atoms with Gasteiger partial charge in [0.2, 0.25) is 0 Å². The van der Waals surface area contributed by atoms with E-state index in [1.165, 1.54) is 31.7 Å². The van der Waals surface area contributed by atoms with Crippen LogP contribution in [0.15, 0.2) is 18.6 Å². The molecule has 2 aromatic heterocycles. The number of hydrogen-bond acceptors (Lipinski definition) is 5. The van der Waals surface area contributed by atoms with Crippen molar-refractivity contribution in [1.82, 2.24) is 30.0 Å². The van der Waals surface area contributed by atoms with Crippen molar-refractivity contribution in [2.75, 3.05) is 6.54 Å². The van der Waals surface area contributed by atoms with Gasteiger partial charge < -0.3 is 9.88 Å². The largest absolute Gasteiger partial charge is 0.350 e. The van der Waals surface area contributed by atoms with Crippen LogP contribution in [-0.4, -0.2) is 37.2 Å². The van der Waals surface area contributed by atoms with Gasteiger partial charge in [-0.2, -0.15) is 0 Å². The van der Waals surface area contributed by atoms with E-state index in [0.29, 0.717) is 18.7 Å². The Kier molecular flexibility index (Phi) is 4.18. The van der Waals surface area contributed by atoms with E-state index in [9.17, 15) is 4.79 Å². The molecular weight excluding hydrogens is 268 g/mol. The first-order chi connectivity index (χ1) is 10.3. The van der Waals surface area contributed by atoms with Crippen LogP contribution >= 0.6 is 0 Å². The van der Waals surface area contributed by atoms with Gasteiger partial charge in [-0.1, -0.05) is 6.42 Å². The van der Waals surface area contributed by atoms with E-state index in [0.717, 1.165) is 24.6 Å². The number of nitrogens with one attached hydrogen (secondary N) is 1. The van der Waals surface area contributed by atoms with Gasteiger partial charge in [0, 0.05) is 38.3 Å². The lowest BCUT2D eigenvalue weighted by Gasteiger charge is -2.07. The van der Waals surface area contributed by atoms with E-state index in [1.54, 1.807) is 6.20 Å². The minimum absolute atomic E-state index is 0.210. The maximum atomic E-state index is 11.9. The monoisotopic (exact) mass is 286 g/mol. The number of fused-ring (bicyclic) bond motifs is 1. The van der Waals surface area contributed by atoms with Gasteiger partial charge in [0.05, 0.1) is 6.20 Å². The molecule has 1 aliphatic rings. The fourth-order valence-electron chi connectivity index (χ4n) is 2.52. The molecule has 0 spiro atoms. The van der Waals surface area contributed by atoms with Crippen molar-refractivity contribution < 1.29 is 4.79 Å². The third-order valence-corrected chi connectivity index (χ3v) is 3.62. The van der Waals surface area contributed by atoms with Crippen LogP contribution in [0.4, 0.5) is 0 Å². The molecule has 0 bridgehead atoms. The van der Waals surface area contributed by atoms with E-state index in [1.807, 2.05) is 0 Å². The minimum Gasteiger partial charge on any atom is -0.350 e. The van der Waals surface area contributed by atoms with E-state index in [4.69, 9.17) is 0 Å². The molecule has 3 rings (SSSR count). The number of rotatable bonds is 4. The first kappa shape index (κ1) is 13.7. The lowest BCUT2D eigenvalue weighted by molar-refractivity contribution is 0.0948. The Morgan fingerprint density at radius 3 is 3.05 bits per heavy atom. The van der Waals surface area contributed by atoms with Crippen molar-refractivity contribution >= 4 is 5.91 Å². The molecule has 0 aromatic carbocycles. The van der Waals surface area contributed by atoms with Gasteiger partial charge in [-0.05, 0) is 12.8 Å². The second-order valence-electron chi connectivity index (χ2n) is 5.09. The van der Waals surface area contributed by atoms with Crippen LogP contribution < -0.4 is 5.32 Å². The van der Waals surface area contributed by atoms with Gasteiger partial charge in [0.15, 0.2) is 0 Å². The quantitative estimate of drug-likeness (QED) is 0.897. The lowest BCUT2D eigenvalue weighted by atomic mass is 10.2. The number of hydrogen-bond donors (Lipinski definition) is 1. The highest BCUT2D eigenvalue weighted by molar-refractivity contribution is 5.91. The standard InChI is InChI=1S/C14H18N6O/c21-14(11-10-15-7-8-16-11)17-6-5-13-19-18-12-4-2-1-3-9-20(12)13/h7-8,10H,1-6,9H2,(H,17,21). The molecule has 1 N–H and O–H groups in total. The molecule has 0 saturated carbocycles. The Balaban J connectivity index is 1.56. The van der Waals surface area contributed by atoms with Gasteiger partial charge in [0.1, 0.15) is 17.3 Å². The predicted octanol–water partition coefficient (Wildman–Crippen LogP) is 0.767. The van der Waals surface area contributed by atoms with Crippen LogP contribution in [0, 0.1) is 0 Å². The van der Waals surface area contributed by atoms with Gasteiger partial charge in [-0.25, -0.2) is 4.98 Å². The van der Waals surface area contributed by atoms with E-state index in [2.05, 4.69) is 30.0 Å². The molecule has 3 heterocycles. The summed E-state index contributed by atoms with van der Waals surface area (Å²) < 4.78 is 2.20. The second kappa shape index (κ2) is 6.43. The SMILES string of the molecule is O=C(NCCc1nnc2n1CCCCC2)c1cnccn1. The van der Waals surface area contributed by atoms with E-state index >= 15 is 0 Å². The summed E-state index contributed by atoms with van der Waals surface area (Å²) in [7, 11) is 0. The lowest BCUT2D eigenvalue weighted by Crippen LogP contribution is -2.27. The Morgan fingerprint density at radius 1 is 1.24 bits per heavy atom. The molecule has 110 valence electrons. The van der Waals surface area contributed by atoms with Gasteiger partial charge >= 0.3 is 0 Å². The van der Waals surface area contributed by atoms with Crippen molar-refractivity contribution in [3.8, 4) is 0 Å². The van der Waals surface area contributed by atoms with E-state index < -0.39 is 0 Å². The third kappa shape index (κ3) is 3.24. The Bertz CT molecular complexity index is 609. The summed E-state index contributed by atoms with van der Waals surface area (Å²) in [6.45, 7) is 1.50. The van der Waals surface area contributed by atoms with Crippen LogP contribution in [0.3, 0.4) is 0 Å². The average Bonchev–Trinajstić information content (AvgIpc) is 2.76. The number of carbonyl (C=O) groups is 1. The summed E-state index contributed by atoms with van der Waals surface area (Å²) >= 11 is 0. The maximum Gasteiger partial charge on any atom is 0.271 e. The summed E-state index contributed by atoms with van der Waals surface area (Å²) in [5, 5.41) is 11.3. The first-order valence-electron chi connectivity index (χ1n) is 7.30. The number of carbonyl (C=O) groups excluding carboxylic acids is 1. The summed E-state index contributed by atoms with van der Waals surface area (Å²) in [5.41, 5.74) is 0.331. The fourth-order valence-corrected chi connectivity index (χ4v) is 2.52. The molecule has 0 fully saturated rings. The van der Waals surface area contributed by atoms with Gasteiger partial charge in [-0.3, -0.25) is 9.78 Å². The van der Waals surface area contributed by atoms with Crippen LogP contribution in [0.1, 0.15) is 41.4 Å². The minimum atomic E-state index is -0.210. The van der Waals surface area contributed by atoms with Crippen LogP contribution in [-0.2, 0) is 19.4 Å². The predicted molar refractivity (Wildman–Crippen MR) is 75.6 cm³/mol. The highest BCUT2D eigenvalue weighted by Crippen LogP contribution is 2.14. The second-order valence-corrected chi connectivity index (χ2v) is 5.09. The fraction of sp³-hybridized carbons (Fsp3) is 0.500. The summed E-state index contributed by atoms with van der Waals surface area (Å²) in [6, 6.07) is 0. The molecule has 0 atom stereocenters. The zero-order valence-electron chi connectivity index (χ0n) is 11.8. The van der Waals surface area contributed by atoms with Gasteiger partial charge in [-0.15, -0.1) is 10.2 Å². The molecule has 21 heavy (non-hydrogen) atoms. The Morgan fingerprint density at radius 2 is 2.19 bits per heavy atom.